The molecule has 0 bridgehead atoms. The molecule has 37 heavy (non-hydrogen) atoms. The molecule has 0 aromatic rings. The number of aliphatic carboxylic acids is 3. The van der Waals surface area contributed by atoms with E-state index in [1.54, 1.807) is 27.7 Å². The van der Waals surface area contributed by atoms with Crippen molar-refractivity contribution in [3.05, 3.63) is 0 Å². The largest absolute Gasteiger partial charge is 3.00 e. The molecule has 0 aromatic carbocycles. The summed E-state index contributed by atoms with van der Waals surface area (Å²) in [5.41, 5.74) is -1.85. The standard InChI is InChI=1S/3C10H20O2.Nd/c1-4-5-6-7-8-10(2,3)9(11)12;2*1-4-6-7-8-10(3,5-2)9(11)12;/h3*4-8H2,1-3H3,(H,11,12);/q;;;+3/p-3. The Kier molecular flexibility index (Phi) is 29.3. The van der Waals surface area contributed by atoms with Crippen LogP contribution in [0.4, 0.5) is 0 Å². The van der Waals surface area contributed by atoms with Crippen LogP contribution in [0.2, 0.25) is 0 Å². The molecule has 217 valence electrons. The molecule has 0 aliphatic rings. The van der Waals surface area contributed by atoms with Crippen LogP contribution in [0.5, 0.6) is 0 Å². The van der Waals surface area contributed by atoms with Gasteiger partial charge in [-0.15, -0.1) is 0 Å². The van der Waals surface area contributed by atoms with Gasteiger partial charge in [-0.1, -0.05) is 127 Å². The average molecular weight is 658 g/mol. The molecule has 0 heterocycles. The molecule has 0 fully saturated rings. The van der Waals surface area contributed by atoms with E-state index >= 15 is 0 Å². The maximum absolute atomic E-state index is 10.7. The number of hydrogen-bond acceptors (Lipinski definition) is 6. The fraction of sp³-hybridized carbons (Fsp3) is 0.900. The zero-order chi connectivity index (χ0) is 28.8. The molecule has 0 amide bonds. The van der Waals surface area contributed by atoms with E-state index in [2.05, 4.69) is 20.8 Å². The van der Waals surface area contributed by atoms with Gasteiger partial charge in [-0.3, -0.25) is 0 Å². The zero-order valence-corrected chi connectivity index (χ0v) is 28.8. The Morgan fingerprint density at radius 2 is 0.784 bits per heavy atom. The van der Waals surface area contributed by atoms with Crippen molar-refractivity contribution in [1.29, 1.82) is 0 Å². The Bertz CT molecular complexity index is 559. The molecule has 0 N–H and O–H groups in total. The molecule has 0 saturated heterocycles. The van der Waals surface area contributed by atoms with Crippen molar-refractivity contribution in [2.24, 2.45) is 16.2 Å². The number of carbonyl (C=O) groups excluding carboxylic acids is 3. The van der Waals surface area contributed by atoms with Crippen LogP contribution in [-0.4, -0.2) is 17.9 Å². The molecule has 2 atom stereocenters. The molecule has 0 aromatic heterocycles. The number of hydrogen-bond donors (Lipinski definition) is 0. The van der Waals surface area contributed by atoms with Crippen molar-refractivity contribution in [3.63, 3.8) is 0 Å². The molecular weight excluding hydrogens is 601 g/mol. The van der Waals surface area contributed by atoms with Crippen molar-refractivity contribution in [2.75, 3.05) is 0 Å². The van der Waals surface area contributed by atoms with E-state index in [-0.39, 0.29) is 40.8 Å². The number of rotatable bonds is 18. The summed E-state index contributed by atoms with van der Waals surface area (Å²) in [6, 6.07) is 0. The minimum absolute atomic E-state index is 0. The minimum Gasteiger partial charge on any atom is -0.550 e. The Balaban J connectivity index is -0.000000218. The molecule has 1 radical (unpaired) electrons. The van der Waals surface area contributed by atoms with Crippen LogP contribution in [0.1, 0.15) is 159 Å². The van der Waals surface area contributed by atoms with Crippen LogP contribution >= 0.6 is 0 Å². The summed E-state index contributed by atoms with van der Waals surface area (Å²) in [4.78, 5) is 32.0. The van der Waals surface area contributed by atoms with Gasteiger partial charge in [0.15, 0.2) is 0 Å². The normalized spacial score (nSPS) is 13.9. The fourth-order valence-electron chi connectivity index (χ4n) is 3.47. The van der Waals surface area contributed by atoms with E-state index in [0.717, 1.165) is 70.6 Å². The summed E-state index contributed by atoms with van der Waals surface area (Å²) in [7, 11) is 0. The summed E-state index contributed by atoms with van der Waals surface area (Å²) in [5.74, 6) is -2.73. The number of carboxylic acids is 3. The van der Waals surface area contributed by atoms with Gasteiger partial charge < -0.3 is 29.7 Å². The van der Waals surface area contributed by atoms with Gasteiger partial charge in [0.1, 0.15) is 0 Å². The van der Waals surface area contributed by atoms with Crippen LogP contribution in [-0.2, 0) is 14.4 Å². The number of carboxylic acid groups (broad SMARTS) is 3. The summed E-state index contributed by atoms with van der Waals surface area (Å²) < 4.78 is 0. The van der Waals surface area contributed by atoms with E-state index in [9.17, 15) is 29.7 Å². The molecule has 2 unspecified atom stereocenters. The van der Waals surface area contributed by atoms with E-state index < -0.39 is 34.2 Å². The maximum atomic E-state index is 10.7. The Morgan fingerprint density at radius 3 is 1.03 bits per heavy atom. The van der Waals surface area contributed by atoms with Gasteiger partial charge in [0.05, 0.1) is 0 Å². The second kappa shape index (κ2) is 24.8. The van der Waals surface area contributed by atoms with Crippen molar-refractivity contribution >= 4 is 17.9 Å². The van der Waals surface area contributed by atoms with Gasteiger partial charge in [-0.25, -0.2) is 0 Å². The quantitative estimate of drug-likeness (QED) is 0.187. The molecule has 0 aliphatic heterocycles. The average Bonchev–Trinajstić information content (AvgIpc) is 2.82. The summed E-state index contributed by atoms with van der Waals surface area (Å²) in [6.45, 7) is 17.2. The van der Waals surface area contributed by atoms with Crippen molar-refractivity contribution in [3.8, 4) is 0 Å². The minimum atomic E-state index is -0.931. The smallest absolute Gasteiger partial charge is 0.550 e. The van der Waals surface area contributed by atoms with Crippen LogP contribution in [0.25, 0.3) is 0 Å². The van der Waals surface area contributed by atoms with Gasteiger partial charge in [0.2, 0.25) is 0 Å². The van der Waals surface area contributed by atoms with E-state index in [1.165, 1.54) is 12.8 Å². The third kappa shape index (κ3) is 22.3. The van der Waals surface area contributed by atoms with Gasteiger partial charge in [0, 0.05) is 34.2 Å². The predicted molar refractivity (Wildman–Crippen MR) is 143 cm³/mol. The van der Waals surface area contributed by atoms with E-state index in [1.807, 2.05) is 13.8 Å². The Hall–Kier alpha value is -0.239. The van der Waals surface area contributed by atoms with Crippen molar-refractivity contribution in [1.82, 2.24) is 0 Å². The maximum Gasteiger partial charge on any atom is 3.00 e. The summed E-state index contributed by atoms with van der Waals surface area (Å²) in [5, 5.41) is 32.0. The second-order valence-corrected chi connectivity index (χ2v) is 11.3. The van der Waals surface area contributed by atoms with Crippen molar-refractivity contribution in [2.45, 2.75) is 159 Å². The first-order valence-corrected chi connectivity index (χ1v) is 14.3. The van der Waals surface area contributed by atoms with Crippen LogP contribution in [0.15, 0.2) is 0 Å². The third-order valence-electron chi connectivity index (χ3n) is 7.42. The summed E-state index contributed by atoms with van der Waals surface area (Å²) >= 11 is 0. The van der Waals surface area contributed by atoms with Crippen LogP contribution in [0.3, 0.4) is 0 Å². The first-order chi connectivity index (χ1) is 16.6. The van der Waals surface area contributed by atoms with Gasteiger partial charge in [-0.05, 0) is 32.1 Å². The number of unbranched alkanes of at least 4 members (excludes halogenated alkanes) is 7. The van der Waals surface area contributed by atoms with Crippen LogP contribution < -0.4 is 15.3 Å². The monoisotopic (exact) mass is 655 g/mol. The first-order valence-electron chi connectivity index (χ1n) is 14.3. The molecule has 0 spiro atoms. The first kappa shape index (κ1) is 43.8. The SMILES string of the molecule is CCCCCC(C)(CC)C(=O)[O-].CCCCCC(C)(CC)C(=O)[O-].CCCCCCC(C)(C)C(=O)[O-].[Nd+3]. The Morgan fingerprint density at radius 1 is 0.486 bits per heavy atom. The molecule has 6 nitrogen and oxygen atoms in total. The predicted octanol–water partition coefficient (Wildman–Crippen LogP) is 5.20. The number of carbonyl (C=O) groups is 3. The Labute approximate surface area is 261 Å². The molecule has 0 rings (SSSR count). The zero-order valence-electron chi connectivity index (χ0n) is 25.6. The van der Waals surface area contributed by atoms with E-state index in [0.29, 0.717) is 12.8 Å². The fourth-order valence-corrected chi connectivity index (χ4v) is 3.47. The van der Waals surface area contributed by atoms with Crippen molar-refractivity contribution < 1.29 is 70.5 Å². The molecule has 0 saturated carbocycles. The van der Waals surface area contributed by atoms with Gasteiger partial charge in [-0.2, -0.15) is 0 Å². The van der Waals surface area contributed by atoms with Gasteiger partial charge in [0.25, 0.3) is 0 Å². The molecule has 0 aliphatic carbocycles. The van der Waals surface area contributed by atoms with Gasteiger partial charge >= 0.3 is 40.8 Å². The van der Waals surface area contributed by atoms with Crippen LogP contribution in [0, 0.1) is 57.1 Å². The summed E-state index contributed by atoms with van der Waals surface area (Å²) in [6.07, 6.45) is 14.6. The van der Waals surface area contributed by atoms with E-state index in [4.69, 9.17) is 0 Å². The molecular formula is C30H57NdO6. The third-order valence-corrected chi connectivity index (χ3v) is 7.42. The second-order valence-electron chi connectivity index (χ2n) is 11.3. The topological polar surface area (TPSA) is 120 Å². The molecule has 7 heteroatoms.